The Bertz CT molecular complexity index is 993. The maximum atomic E-state index is 6.01. The molecule has 0 saturated heterocycles. The fourth-order valence-electron chi connectivity index (χ4n) is 2.66. The standard InChI is InChI=1S/C23H21BrCl2N2O2/c1-2-29-22-12-18(14-28-27-13-16-3-7-19(25)8-4-16)11-21(24)23(22)30-15-17-5-9-20(26)10-6-17/h3-12,14,27H,2,13,15H2,1H3/b28-14-. The van der Waals surface area contributed by atoms with E-state index in [4.69, 9.17) is 32.7 Å². The van der Waals surface area contributed by atoms with Crippen molar-refractivity contribution in [1.29, 1.82) is 0 Å². The van der Waals surface area contributed by atoms with Crippen molar-refractivity contribution in [2.24, 2.45) is 5.10 Å². The maximum Gasteiger partial charge on any atom is 0.175 e. The highest BCUT2D eigenvalue weighted by Crippen LogP contribution is 2.37. The van der Waals surface area contributed by atoms with Crippen molar-refractivity contribution >= 4 is 45.3 Å². The minimum atomic E-state index is 0.409. The van der Waals surface area contributed by atoms with Crippen LogP contribution in [0, 0.1) is 0 Å². The summed E-state index contributed by atoms with van der Waals surface area (Å²) in [7, 11) is 0. The van der Waals surface area contributed by atoms with Gasteiger partial charge in [-0.25, -0.2) is 0 Å². The molecule has 0 unspecified atom stereocenters. The van der Waals surface area contributed by atoms with E-state index in [9.17, 15) is 0 Å². The number of hydrogen-bond donors (Lipinski definition) is 1. The van der Waals surface area contributed by atoms with Crippen molar-refractivity contribution in [3.63, 3.8) is 0 Å². The lowest BCUT2D eigenvalue weighted by molar-refractivity contribution is 0.267. The summed E-state index contributed by atoms with van der Waals surface area (Å²) in [4.78, 5) is 0. The molecule has 0 aromatic heterocycles. The van der Waals surface area contributed by atoms with Crippen LogP contribution in [0.3, 0.4) is 0 Å². The number of nitrogens with one attached hydrogen (secondary N) is 1. The first-order valence-electron chi connectivity index (χ1n) is 9.39. The molecule has 0 aliphatic rings. The van der Waals surface area contributed by atoms with Gasteiger partial charge in [-0.15, -0.1) is 0 Å². The summed E-state index contributed by atoms with van der Waals surface area (Å²) in [5.74, 6) is 1.30. The average Bonchev–Trinajstić information content (AvgIpc) is 2.73. The van der Waals surface area contributed by atoms with Crippen LogP contribution in [0.4, 0.5) is 0 Å². The van der Waals surface area contributed by atoms with Crippen LogP contribution in [-0.2, 0) is 13.2 Å². The van der Waals surface area contributed by atoms with E-state index in [2.05, 4.69) is 26.5 Å². The molecule has 0 atom stereocenters. The first kappa shape index (κ1) is 22.5. The van der Waals surface area contributed by atoms with Gasteiger partial charge in [-0.3, -0.25) is 0 Å². The van der Waals surface area contributed by atoms with Gasteiger partial charge in [0.2, 0.25) is 0 Å². The molecule has 30 heavy (non-hydrogen) atoms. The minimum Gasteiger partial charge on any atom is -0.490 e. The van der Waals surface area contributed by atoms with Crippen LogP contribution in [0.25, 0.3) is 0 Å². The highest BCUT2D eigenvalue weighted by atomic mass is 79.9. The fourth-order valence-corrected chi connectivity index (χ4v) is 3.49. The molecule has 3 aromatic carbocycles. The predicted molar refractivity (Wildman–Crippen MR) is 127 cm³/mol. The Hall–Kier alpha value is -2.21. The molecule has 0 saturated carbocycles. The zero-order valence-corrected chi connectivity index (χ0v) is 19.5. The molecule has 0 aliphatic carbocycles. The van der Waals surface area contributed by atoms with Crippen LogP contribution >= 0.6 is 39.1 Å². The number of hydrogen-bond acceptors (Lipinski definition) is 4. The molecule has 7 heteroatoms. The Morgan fingerprint density at radius 2 is 1.57 bits per heavy atom. The quantitative estimate of drug-likeness (QED) is 0.254. The molecule has 0 fully saturated rings. The number of benzene rings is 3. The number of ether oxygens (including phenoxy) is 2. The van der Waals surface area contributed by atoms with Gasteiger partial charge >= 0.3 is 0 Å². The Kier molecular flexibility index (Phi) is 8.43. The Morgan fingerprint density at radius 1 is 0.933 bits per heavy atom. The van der Waals surface area contributed by atoms with Crippen molar-refractivity contribution in [1.82, 2.24) is 5.43 Å². The first-order valence-corrected chi connectivity index (χ1v) is 10.9. The van der Waals surface area contributed by atoms with Crippen LogP contribution in [0.5, 0.6) is 11.5 Å². The molecule has 4 nitrogen and oxygen atoms in total. The van der Waals surface area contributed by atoms with E-state index in [0.717, 1.165) is 21.2 Å². The summed E-state index contributed by atoms with van der Waals surface area (Å²) in [6.45, 7) is 3.48. The predicted octanol–water partition coefficient (Wildman–Crippen LogP) is 6.86. The van der Waals surface area contributed by atoms with Gasteiger partial charge in [-0.2, -0.15) is 5.10 Å². The van der Waals surface area contributed by atoms with E-state index >= 15 is 0 Å². The van der Waals surface area contributed by atoms with Crippen molar-refractivity contribution in [2.75, 3.05) is 6.61 Å². The first-order chi connectivity index (χ1) is 14.5. The topological polar surface area (TPSA) is 42.8 Å². The zero-order chi connectivity index (χ0) is 21.3. The second-order valence-electron chi connectivity index (χ2n) is 6.40. The number of rotatable bonds is 9. The lowest BCUT2D eigenvalue weighted by atomic mass is 10.2. The molecule has 0 spiro atoms. The van der Waals surface area contributed by atoms with Crippen LogP contribution in [0.15, 0.2) is 70.2 Å². The molecule has 156 valence electrons. The molecule has 0 bridgehead atoms. The zero-order valence-electron chi connectivity index (χ0n) is 16.4. The molecule has 0 aliphatic heterocycles. The third-order valence-corrected chi connectivity index (χ3v) is 5.22. The van der Waals surface area contributed by atoms with Gasteiger partial charge in [-0.05, 0) is 75.9 Å². The van der Waals surface area contributed by atoms with Crippen molar-refractivity contribution in [2.45, 2.75) is 20.1 Å². The smallest absolute Gasteiger partial charge is 0.175 e. The normalized spacial score (nSPS) is 10.9. The van der Waals surface area contributed by atoms with E-state index in [1.807, 2.05) is 67.6 Å². The van der Waals surface area contributed by atoms with E-state index in [-0.39, 0.29) is 0 Å². The molecule has 3 rings (SSSR count). The van der Waals surface area contributed by atoms with Crippen molar-refractivity contribution in [3.8, 4) is 11.5 Å². The van der Waals surface area contributed by atoms with Crippen molar-refractivity contribution < 1.29 is 9.47 Å². The molecular weight excluding hydrogens is 487 g/mol. The molecule has 0 heterocycles. The minimum absolute atomic E-state index is 0.409. The highest BCUT2D eigenvalue weighted by molar-refractivity contribution is 9.10. The molecule has 1 N–H and O–H groups in total. The van der Waals surface area contributed by atoms with Gasteiger partial charge < -0.3 is 14.9 Å². The summed E-state index contributed by atoms with van der Waals surface area (Å²) in [6, 6.07) is 19.0. The Labute approximate surface area is 194 Å². The second kappa shape index (κ2) is 11.3. The van der Waals surface area contributed by atoms with E-state index in [1.54, 1.807) is 6.21 Å². The van der Waals surface area contributed by atoms with Crippen molar-refractivity contribution in [3.05, 3.63) is 91.9 Å². The number of nitrogens with zero attached hydrogens (tertiary/aromatic N) is 1. The van der Waals surface area contributed by atoms with Gasteiger partial charge in [0.15, 0.2) is 11.5 Å². The summed E-state index contributed by atoms with van der Waals surface area (Å²) >= 11 is 15.4. The monoisotopic (exact) mass is 506 g/mol. The van der Waals surface area contributed by atoms with Gasteiger partial charge in [0.25, 0.3) is 0 Å². The molecular formula is C23H21BrCl2N2O2. The lowest BCUT2D eigenvalue weighted by Crippen LogP contribution is -2.06. The van der Waals surface area contributed by atoms with Crippen LogP contribution in [-0.4, -0.2) is 12.8 Å². The third-order valence-electron chi connectivity index (χ3n) is 4.13. The summed E-state index contributed by atoms with van der Waals surface area (Å²) in [5.41, 5.74) is 6.03. The highest BCUT2D eigenvalue weighted by Gasteiger charge is 2.12. The van der Waals surface area contributed by atoms with Crippen LogP contribution in [0.1, 0.15) is 23.6 Å². The van der Waals surface area contributed by atoms with Gasteiger partial charge in [0, 0.05) is 10.0 Å². The number of hydrazone groups is 1. The van der Waals surface area contributed by atoms with E-state index in [1.165, 1.54) is 0 Å². The number of halogens is 3. The molecule has 3 aromatic rings. The SMILES string of the molecule is CCOc1cc(/C=N\NCc2ccc(Cl)cc2)cc(Br)c1OCc1ccc(Cl)cc1. The summed E-state index contributed by atoms with van der Waals surface area (Å²) in [6.07, 6.45) is 1.74. The molecule has 0 amide bonds. The lowest BCUT2D eigenvalue weighted by Gasteiger charge is -2.14. The van der Waals surface area contributed by atoms with Gasteiger partial charge in [-0.1, -0.05) is 47.5 Å². The summed E-state index contributed by atoms with van der Waals surface area (Å²) < 4.78 is 12.6. The fraction of sp³-hybridized carbons (Fsp3) is 0.174. The summed E-state index contributed by atoms with van der Waals surface area (Å²) in [5, 5.41) is 5.71. The Balaban J connectivity index is 1.66. The second-order valence-corrected chi connectivity index (χ2v) is 8.12. The Morgan fingerprint density at radius 3 is 2.20 bits per heavy atom. The van der Waals surface area contributed by atoms with Crippen LogP contribution < -0.4 is 14.9 Å². The largest absolute Gasteiger partial charge is 0.490 e. The van der Waals surface area contributed by atoms with E-state index < -0.39 is 0 Å². The van der Waals surface area contributed by atoms with Gasteiger partial charge in [0.1, 0.15) is 6.61 Å². The van der Waals surface area contributed by atoms with E-state index in [0.29, 0.717) is 41.3 Å². The maximum absolute atomic E-state index is 6.01. The van der Waals surface area contributed by atoms with Crippen LogP contribution in [0.2, 0.25) is 10.0 Å². The average molecular weight is 508 g/mol. The van der Waals surface area contributed by atoms with Gasteiger partial charge in [0.05, 0.1) is 23.8 Å². The molecule has 0 radical (unpaired) electrons. The third kappa shape index (κ3) is 6.66.